The average Bonchev–Trinajstić information content (AvgIpc) is 2.51. The maximum atomic E-state index is 12.0. The molecule has 124 valence electrons. The van der Waals surface area contributed by atoms with Gasteiger partial charge in [0, 0.05) is 0 Å². The Labute approximate surface area is 137 Å². The van der Waals surface area contributed by atoms with Gasteiger partial charge in [0.15, 0.2) is 0 Å². The molecule has 0 fully saturated rings. The van der Waals surface area contributed by atoms with Crippen molar-refractivity contribution in [1.29, 1.82) is 0 Å². The van der Waals surface area contributed by atoms with Gasteiger partial charge in [-0.05, 0) is 0 Å². The number of hydrogen-bond acceptors (Lipinski definition) is 1. The van der Waals surface area contributed by atoms with Gasteiger partial charge in [0.25, 0.3) is 0 Å². The molecule has 0 aliphatic heterocycles. The zero-order chi connectivity index (χ0) is 16.0. The topological polar surface area (TPSA) is 17.1 Å². The van der Waals surface area contributed by atoms with Crippen LogP contribution < -0.4 is 0 Å². The molecule has 0 atom stereocenters. The van der Waals surface area contributed by atoms with Gasteiger partial charge in [0.05, 0.1) is 0 Å². The molecule has 1 nitrogen and oxygen atoms in total. The van der Waals surface area contributed by atoms with Crippen molar-refractivity contribution in [3.05, 3.63) is 10.2 Å². The van der Waals surface area contributed by atoms with E-state index in [2.05, 4.69) is 31.8 Å². The summed E-state index contributed by atoms with van der Waals surface area (Å²) < 4.78 is 6.89. The molecular formula is C19H38OSn. The summed E-state index contributed by atoms with van der Waals surface area (Å²) in [6, 6.07) is 0. The van der Waals surface area contributed by atoms with Crippen LogP contribution in [0.1, 0.15) is 85.5 Å². The minimum atomic E-state index is -2.20. The molecule has 0 aliphatic rings. The van der Waals surface area contributed by atoms with Crippen LogP contribution in [0, 0.1) is 0 Å². The zero-order valence-corrected chi connectivity index (χ0v) is 17.9. The zero-order valence-electron chi connectivity index (χ0n) is 15.0. The molecule has 0 rings (SSSR count). The number of ketones is 1. The summed E-state index contributed by atoms with van der Waals surface area (Å²) in [5.74, 6) is 0.377. The third kappa shape index (κ3) is 10.5. The minimum absolute atomic E-state index is 0.377. The molecule has 0 aliphatic carbocycles. The first kappa shape index (κ1) is 21.2. The summed E-state index contributed by atoms with van der Waals surface area (Å²) in [5, 5.41) is 0. The molecule has 0 spiro atoms. The average molecular weight is 401 g/mol. The van der Waals surface area contributed by atoms with Crippen LogP contribution in [0.15, 0.2) is 10.2 Å². The second-order valence-electron chi connectivity index (χ2n) is 6.58. The first-order valence-corrected chi connectivity index (χ1v) is 17.1. The number of hydrogen-bond donors (Lipinski definition) is 0. The van der Waals surface area contributed by atoms with E-state index in [1.807, 2.05) is 6.08 Å². The first-order valence-electron chi connectivity index (χ1n) is 9.36. The third-order valence-electron chi connectivity index (χ3n) is 4.48. The fourth-order valence-electron chi connectivity index (χ4n) is 2.92. The van der Waals surface area contributed by atoms with Gasteiger partial charge in [-0.25, -0.2) is 0 Å². The molecular weight excluding hydrogens is 363 g/mol. The number of allylic oxidation sites excluding steroid dienone is 1. The molecule has 0 bridgehead atoms. The standard InChI is InChI=1S/C7H11O.3C4H9.Sn/c1-3-5-6-7(8)4-2;3*1-3-4-2;/h2,4H,3,5-6H2,1H3;3*1,3-4H2,2H3;. The Morgan fingerprint density at radius 2 is 1.19 bits per heavy atom. The Kier molecular flexibility index (Phi) is 14.0. The summed E-state index contributed by atoms with van der Waals surface area (Å²) in [5.41, 5.74) is 0. The number of rotatable bonds is 14. The monoisotopic (exact) mass is 402 g/mol. The van der Waals surface area contributed by atoms with Gasteiger partial charge in [-0.3, -0.25) is 0 Å². The predicted octanol–water partition coefficient (Wildman–Crippen LogP) is 6.69. The summed E-state index contributed by atoms with van der Waals surface area (Å²) in [6.07, 6.45) is 12.9. The number of carbonyl (C=O) groups is 1. The maximum absolute atomic E-state index is 12.0. The van der Waals surface area contributed by atoms with Crippen LogP contribution in [0.2, 0.25) is 13.3 Å². The summed E-state index contributed by atoms with van der Waals surface area (Å²) in [6.45, 7) is 9.05. The van der Waals surface area contributed by atoms with Crippen LogP contribution >= 0.6 is 0 Å². The summed E-state index contributed by atoms with van der Waals surface area (Å²) in [7, 11) is 0. The van der Waals surface area contributed by atoms with Crippen LogP contribution in [0.3, 0.4) is 0 Å². The number of carbonyl (C=O) groups excluding carboxylic acids is 1. The molecule has 0 aromatic carbocycles. The van der Waals surface area contributed by atoms with E-state index in [1.54, 1.807) is 0 Å². The van der Waals surface area contributed by atoms with Crippen LogP contribution in [-0.4, -0.2) is 24.2 Å². The van der Waals surface area contributed by atoms with Gasteiger partial charge >= 0.3 is 138 Å². The van der Waals surface area contributed by atoms with Crippen molar-refractivity contribution < 1.29 is 4.79 Å². The summed E-state index contributed by atoms with van der Waals surface area (Å²) >= 11 is -2.20. The van der Waals surface area contributed by atoms with E-state index in [0.717, 1.165) is 19.3 Å². The first-order chi connectivity index (χ1) is 10.1. The van der Waals surface area contributed by atoms with Gasteiger partial charge in [-0.15, -0.1) is 0 Å². The van der Waals surface area contributed by atoms with Crippen molar-refractivity contribution in [2.24, 2.45) is 0 Å². The molecule has 0 N–H and O–H groups in total. The molecule has 21 heavy (non-hydrogen) atoms. The predicted molar refractivity (Wildman–Crippen MR) is 98.6 cm³/mol. The fourth-order valence-corrected chi connectivity index (χ4v) is 17.1. The van der Waals surface area contributed by atoms with Crippen molar-refractivity contribution >= 4 is 24.2 Å². The van der Waals surface area contributed by atoms with Crippen molar-refractivity contribution in [3.63, 3.8) is 0 Å². The van der Waals surface area contributed by atoms with E-state index in [9.17, 15) is 4.79 Å². The third-order valence-corrected chi connectivity index (χ3v) is 18.5. The van der Waals surface area contributed by atoms with Gasteiger partial charge in [-0.2, -0.15) is 0 Å². The van der Waals surface area contributed by atoms with Crippen LogP contribution in [0.4, 0.5) is 0 Å². The van der Waals surface area contributed by atoms with E-state index in [1.165, 1.54) is 51.8 Å². The van der Waals surface area contributed by atoms with Gasteiger partial charge in [-0.1, -0.05) is 0 Å². The van der Waals surface area contributed by atoms with Gasteiger partial charge in [0.1, 0.15) is 0 Å². The molecule has 0 saturated heterocycles. The molecule has 0 aromatic heterocycles. The Hall–Kier alpha value is 0.209. The Balaban J connectivity index is 4.83. The van der Waals surface area contributed by atoms with Crippen molar-refractivity contribution in [2.75, 3.05) is 0 Å². The number of unbranched alkanes of at least 4 members (excludes halogenated alkanes) is 4. The van der Waals surface area contributed by atoms with E-state index < -0.39 is 18.4 Å². The summed E-state index contributed by atoms with van der Waals surface area (Å²) in [4.78, 5) is 12.0. The molecule has 0 radical (unpaired) electrons. The Morgan fingerprint density at radius 3 is 1.57 bits per heavy atom. The van der Waals surface area contributed by atoms with Crippen molar-refractivity contribution in [3.8, 4) is 0 Å². The molecule has 0 unspecified atom stereocenters. The second-order valence-corrected chi connectivity index (χ2v) is 19.6. The molecule has 0 aromatic rings. The van der Waals surface area contributed by atoms with Crippen molar-refractivity contribution in [2.45, 2.75) is 98.8 Å². The molecule has 2 heteroatoms. The van der Waals surface area contributed by atoms with Crippen LogP contribution in [-0.2, 0) is 4.79 Å². The van der Waals surface area contributed by atoms with Gasteiger partial charge in [0.2, 0.25) is 0 Å². The SMILES string of the molecule is CCCCC(=O)/C=[CH]/[Sn]([CH2]CCC)([CH2]CCC)[CH2]CCC. The Bertz CT molecular complexity index is 262. The fraction of sp³-hybridized carbons (Fsp3) is 0.842. The quantitative estimate of drug-likeness (QED) is 0.234. The van der Waals surface area contributed by atoms with Crippen LogP contribution in [0.25, 0.3) is 0 Å². The van der Waals surface area contributed by atoms with E-state index in [4.69, 9.17) is 0 Å². The molecule has 0 heterocycles. The second kappa shape index (κ2) is 13.8. The van der Waals surface area contributed by atoms with Crippen LogP contribution in [0.5, 0.6) is 0 Å². The normalized spacial score (nSPS) is 12.2. The Morgan fingerprint density at radius 1 is 0.762 bits per heavy atom. The van der Waals surface area contributed by atoms with E-state index >= 15 is 0 Å². The molecule has 0 amide bonds. The van der Waals surface area contributed by atoms with E-state index in [0.29, 0.717) is 5.78 Å². The van der Waals surface area contributed by atoms with Gasteiger partial charge < -0.3 is 0 Å². The van der Waals surface area contributed by atoms with E-state index in [-0.39, 0.29) is 0 Å². The van der Waals surface area contributed by atoms with Crippen molar-refractivity contribution in [1.82, 2.24) is 0 Å². The molecule has 0 saturated carbocycles.